The SMILES string of the molecule is COc1ccc(CNc2ncnc3c(C(=O)Nc4c(C)ccc5c(Cc6ccccc6F)nccc45)csc23)c(OC)c1. The fraction of sp³-hybridized carbons (Fsp3) is 0.152. The third kappa shape index (κ3) is 5.56. The fourth-order valence-electron chi connectivity index (χ4n) is 5.05. The number of carbonyl (C=O) groups excluding carboxylic acids is 1. The molecule has 216 valence electrons. The van der Waals surface area contributed by atoms with E-state index in [9.17, 15) is 9.18 Å². The molecule has 8 nitrogen and oxygen atoms in total. The van der Waals surface area contributed by atoms with Crippen molar-refractivity contribution in [1.29, 1.82) is 0 Å². The molecule has 0 radical (unpaired) electrons. The van der Waals surface area contributed by atoms with Crippen LogP contribution in [0.2, 0.25) is 0 Å². The van der Waals surface area contributed by atoms with Crippen LogP contribution in [-0.2, 0) is 13.0 Å². The van der Waals surface area contributed by atoms with Crippen LogP contribution in [0.25, 0.3) is 21.0 Å². The molecule has 3 heterocycles. The number of hydrogen-bond acceptors (Lipinski definition) is 8. The van der Waals surface area contributed by atoms with E-state index in [1.165, 1.54) is 23.7 Å². The summed E-state index contributed by atoms with van der Waals surface area (Å²) in [5.41, 5.74) is 4.81. The number of fused-ring (bicyclic) bond motifs is 2. The highest BCUT2D eigenvalue weighted by Gasteiger charge is 2.19. The topological polar surface area (TPSA) is 98.3 Å². The Balaban J connectivity index is 1.27. The Bertz CT molecular complexity index is 1980. The third-order valence-electron chi connectivity index (χ3n) is 7.33. The second kappa shape index (κ2) is 12.0. The summed E-state index contributed by atoms with van der Waals surface area (Å²) in [4.78, 5) is 27.1. The quantitative estimate of drug-likeness (QED) is 0.184. The highest BCUT2D eigenvalue weighted by atomic mass is 32.1. The summed E-state index contributed by atoms with van der Waals surface area (Å²) >= 11 is 1.40. The summed E-state index contributed by atoms with van der Waals surface area (Å²) in [6, 6.07) is 18.1. The number of carbonyl (C=O) groups is 1. The molecule has 0 bridgehead atoms. The summed E-state index contributed by atoms with van der Waals surface area (Å²) in [6.07, 6.45) is 3.48. The van der Waals surface area contributed by atoms with Crippen LogP contribution in [0, 0.1) is 12.7 Å². The first-order chi connectivity index (χ1) is 21.0. The largest absolute Gasteiger partial charge is 0.497 e. The van der Waals surface area contributed by atoms with Gasteiger partial charge in [-0.15, -0.1) is 11.3 Å². The van der Waals surface area contributed by atoms with E-state index in [1.54, 1.807) is 37.9 Å². The van der Waals surface area contributed by atoms with Gasteiger partial charge in [-0.3, -0.25) is 9.78 Å². The van der Waals surface area contributed by atoms with Gasteiger partial charge in [0.2, 0.25) is 0 Å². The minimum Gasteiger partial charge on any atom is -0.497 e. The molecule has 0 saturated heterocycles. The van der Waals surface area contributed by atoms with Crippen molar-refractivity contribution in [3.63, 3.8) is 0 Å². The van der Waals surface area contributed by atoms with E-state index in [0.717, 1.165) is 32.3 Å². The second-order valence-electron chi connectivity index (χ2n) is 9.91. The van der Waals surface area contributed by atoms with Crippen LogP contribution in [0.15, 0.2) is 78.6 Å². The van der Waals surface area contributed by atoms with Gasteiger partial charge in [-0.05, 0) is 42.3 Å². The number of amides is 1. The lowest BCUT2D eigenvalue weighted by molar-refractivity contribution is 0.102. The van der Waals surface area contributed by atoms with E-state index >= 15 is 0 Å². The summed E-state index contributed by atoms with van der Waals surface area (Å²) < 4.78 is 26.0. The Morgan fingerprint density at radius 3 is 2.63 bits per heavy atom. The maximum absolute atomic E-state index is 14.4. The summed E-state index contributed by atoms with van der Waals surface area (Å²) in [7, 11) is 3.22. The predicted octanol–water partition coefficient (Wildman–Crippen LogP) is 7.16. The van der Waals surface area contributed by atoms with Gasteiger partial charge in [0.05, 0.1) is 41.4 Å². The molecule has 0 aliphatic heterocycles. The van der Waals surface area contributed by atoms with Gasteiger partial charge in [0.25, 0.3) is 5.91 Å². The average molecular weight is 594 g/mol. The lowest BCUT2D eigenvalue weighted by Crippen LogP contribution is -2.13. The van der Waals surface area contributed by atoms with Crippen molar-refractivity contribution >= 4 is 49.7 Å². The normalized spacial score (nSPS) is 11.1. The van der Waals surface area contributed by atoms with Crippen molar-refractivity contribution in [1.82, 2.24) is 15.0 Å². The Labute approximate surface area is 251 Å². The lowest BCUT2D eigenvalue weighted by atomic mass is 10.00. The summed E-state index contributed by atoms with van der Waals surface area (Å²) in [5, 5.41) is 9.94. The molecule has 6 rings (SSSR count). The maximum atomic E-state index is 14.4. The van der Waals surface area contributed by atoms with Gasteiger partial charge < -0.3 is 20.1 Å². The summed E-state index contributed by atoms with van der Waals surface area (Å²) in [6.45, 7) is 2.40. The fourth-order valence-corrected chi connectivity index (χ4v) is 6.01. The van der Waals surface area contributed by atoms with Gasteiger partial charge in [-0.25, -0.2) is 14.4 Å². The highest BCUT2D eigenvalue weighted by Crippen LogP contribution is 2.34. The first kappa shape index (κ1) is 28.0. The first-order valence-electron chi connectivity index (χ1n) is 13.6. The molecule has 6 aromatic rings. The van der Waals surface area contributed by atoms with E-state index < -0.39 is 0 Å². The molecule has 3 aromatic carbocycles. The first-order valence-corrected chi connectivity index (χ1v) is 14.4. The van der Waals surface area contributed by atoms with Crippen molar-refractivity contribution in [2.45, 2.75) is 19.9 Å². The smallest absolute Gasteiger partial charge is 0.258 e. The number of benzene rings is 3. The number of aryl methyl sites for hydroxylation is 1. The molecule has 0 aliphatic carbocycles. The van der Waals surface area contributed by atoms with E-state index in [1.807, 2.05) is 49.4 Å². The molecule has 0 atom stereocenters. The van der Waals surface area contributed by atoms with Crippen LogP contribution < -0.4 is 20.1 Å². The van der Waals surface area contributed by atoms with Gasteiger partial charge in [-0.2, -0.15) is 0 Å². The maximum Gasteiger partial charge on any atom is 0.258 e. The number of nitrogens with zero attached hydrogens (tertiary/aromatic N) is 3. The number of methoxy groups -OCH3 is 2. The Morgan fingerprint density at radius 1 is 0.953 bits per heavy atom. The van der Waals surface area contributed by atoms with Crippen molar-refractivity contribution in [3.05, 3.63) is 112 Å². The number of aromatic nitrogens is 3. The Kier molecular flexibility index (Phi) is 7.84. The molecule has 3 aromatic heterocycles. The molecule has 1 amide bonds. The number of pyridine rings is 1. The summed E-state index contributed by atoms with van der Waals surface area (Å²) in [5.74, 6) is 1.47. The lowest BCUT2D eigenvalue weighted by Gasteiger charge is -2.14. The van der Waals surface area contributed by atoms with Gasteiger partial charge in [0, 0.05) is 46.9 Å². The van der Waals surface area contributed by atoms with Crippen molar-refractivity contribution in [2.75, 3.05) is 24.9 Å². The Hall–Kier alpha value is -5.09. The average Bonchev–Trinajstić information content (AvgIpc) is 3.47. The molecule has 0 unspecified atom stereocenters. The number of anilines is 2. The van der Waals surface area contributed by atoms with Crippen molar-refractivity contribution in [2.24, 2.45) is 0 Å². The highest BCUT2D eigenvalue weighted by molar-refractivity contribution is 7.18. The van der Waals surface area contributed by atoms with Gasteiger partial charge >= 0.3 is 0 Å². The van der Waals surface area contributed by atoms with Crippen LogP contribution in [0.1, 0.15) is 32.7 Å². The van der Waals surface area contributed by atoms with Crippen LogP contribution in [0.4, 0.5) is 15.9 Å². The van der Waals surface area contributed by atoms with Crippen molar-refractivity contribution < 1.29 is 18.7 Å². The third-order valence-corrected chi connectivity index (χ3v) is 8.31. The standard InChI is InChI=1S/C33H28FN5O3S/c1-19-8-11-23-24(12-13-35-27(23)14-20-6-4-5-7-26(20)34)29(19)39-33(40)25-17-43-31-30(25)37-18-38-32(31)36-16-21-9-10-22(41-2)15-28(21)42-3/h4-13,15,17-18H,14,16H2,1-3H3,(H,39,40)(H,36,37,38). The molecule has 43 heavy (non-hydrogen) atoms. The molecule has 0 fully saturated rings. The second-order valence-corrected chi connectivity index (χ2v) is 10.8. The minimum atomic E-state index is -0.282. The molecule has 0 aliphatic rings. The number of thiophene rings is 1. The zero-order valence-corrected chi connectivity index (χ0v) is 24.6. The number of nitrogens with one attached hydrogen (secondary N) is 2. The Morgan fingerprint density at radius 2 is 1.81 bits per heavy atom. The van der Waals surface area contributed by atoms with Crippen LogP contribution in [-0.4, -0.2) is 35.1 Å². The number of halogens is 1. The minimum absolute atomic E-state index is 0.273. The van der Waals surface area contributed by atoms with Gasteiger partial charge in [0.1, 0.15) is 29.5 Å². The molecular weight excluding hydrogens is 565 g/mol. The van der Waals surface area contributed by atoms with Crippen LogP contribution >= 0.6 is 11.3 Å². The van der Waals surface area contributed by atoms with E-state index in [0.29, 0.717) is 52.6 Å². The van der Waals surface area contributed by atoms with E-state index in [4.69, 9.17) is 9.47 Å². The monoisotopic (exact) mass is 593 g/mol. The van der Waals surface area contributed by atoms with Gasteiger partial charge in [0.15, 0.2) is 0 Å². The van der Waals surface area contributed by atoms with Crippen molar-refractivity contribution in [3.8, 4) is 11.5 Å². The van der Waals surface area contributed by atoms with Gasteiger partial charge in [-0.1, -0.05) is 30.3 Å². The van der Waals surface area contributed by atoms with E-state index in [-0.39, 0.29) is 11.7 Å². The molecule has 10 heteroatoms. The number of rotatable bonds is 9. The molecular formula is C33H28FN5O3S. The molecule has 2 N–H and O–H groups in total. The number of hydrogen-bond donors (Lipinski definition) is 2. The number of ether oxygens (including phenoxy) is 2. The zero-order chi connectivity index (χ0) is 29.9. The van der Waals surface area contributed by atoms with Crippen LogP contribution in [0.3, 0.4) is 0 Å². The molecule has 0 spiro atoms. The molecule has 0 saturated carbocycles. The van der Waals surface area contributed by atoms with Crippen LogP contribution in [0.5, 0.6) is 11.5 Å². The van der Waals surface area contributed by atoms with E-state index in [2.05, 4.69) is 25.6 Å². The zero-order valence-electron chi connectivity index (χ0n) is 23.8. The predicted molar refractivity (Wildman–Crippen MR) is 168 cm³/mol.